The highest BCUT2D eigenvalue weighted by atomic mass is 35.5. The van der Waals surface area contributed by atoms with Crippen molar-refractivity contribution >= 4 is 11.6 Å². The van der Waals surface area contributed by atoms with Crippen LogP contribution in [-0.2, 0) is 0 Å². The van der Waals surface area contributed by atoms with Crippen LogP contribution in [0.15, 0.2) is 11.1 Å². The van der Waals surface area contributed by atoms with Crippen LogP contribution in [0.25, 0.3) is 0 Å². The first kappa shape index (κ1) is 11.0. The summed E-state index contributed by atoms with van der Waals surface area (Å²) in [5.74, 6) is 0.663. The standard InChI is InChI=1S/C10H19ClN2/c1-8(5-11)6-13-4-3-9(2)10(12)7-13/h5,9-10H,3-4,6-7,12H2,1-2H3. The summed E-state index contributed by atoms with van der Waals surface area (Å²) in [4.78, 5) is 2.37. The maximum absolute atomic E-state index is 5.99. The third-order valence-corrected chi connectivity index (χ3v) is 3.13. The number of halogens is 1. The molecule has 0 aliphatic carbocycles. The molecule has 1 fully saturated rings. The van der Waals surface area contributed by atoms with Crippen molar-refractivity contribution in [3.8, 4) is 0 Å². The minimum atomic E-state index is 0.330. The normalized spacial score (nSPS) is 32.2. The summed E-state index contributed by atoms with van der Waals surface area (Å²) in [5, 5.41) is 0. The predicted molar refractivity (Wildman–Crippen MR) is 57.8 cm³/mol. The van der Waals surface area contributed by atoms with E-state index >= 15 is 0 Å². The van der Waals surface area contributed by atoms with Crippen LogP contribution in [0.1, 0.15) is 20.3 Å². The Labute approximate surface area is 85.7 Å². The Kier molecular flexibility index (Phi) is 4.23. The average Bonchev–Trinajstić information content (AvgIpc) is 2.11. The molecule has 0 radical (unpaired) electrons. The van der Waals surface area contributed by atoms with Gasteiger partial charge in [-0.05, 0) is 31.4 Å². The van der Waals surface area contributed by atoms with E-state index in [-0.39, 0.29) is 0 Å². The van der Waals surface area contributed by atoms with Gasteiger partial charge in [-0.1, -0.05) is 18.5 Å². The van der Waals surface area contributed by atoms with Gasteiger partial charge >= 0.3 is 0 Å². The Balaban J connectivity index is 2.37. The van der Waals surface area contributed by atoms with Gasteiger partial charge in [-0.15, -0.1) is 0 Å². The van der Waals surface area contributed by atoms with Crippen molar-refractivity contribution in [1.29, 1.82) is 0 Å². The molecule has 1 heterocycles. The van der Waals surface area contributed by atoms with Gasteiger partial charge in [0.25, 0.3) is 0 Å². The van der Waals surface area contributed by atoms with Crippen molar-refractivity contribution < 1.29 is 0 Å². The van der Waals surface area contributed by atoms with Crippen LogP contribution in [0.4, 0.5) is 0 Å². The van der Waals surface area contributed by atoms with Crippen molar-refractivity contribution in [2.45, 2.75) is 26.3 Å². The first-order valence-electron chi connectivity index (χ1n) is 4.87. The second-order valence-electron chi connectivity index (χ2n) is 4.12. The Morgan fingerprint density at radius 3 is 2.92 bits per heavy atom. The molecule has 0 saturated carbocycles. The third kappa shape index (κ3) is 3.29. The zero-order valence-electron chi connectivity index (χ0n) is 8.46. The first-order valence-corrected chi connectivity index (χ1v) is 5.31. The molecule has 76 valence electrons. The molecule has 1 saturated heterocycles. The summed E-state index contributed by atoms with van der Waals surface area (Å²) in [5.41, 5.74) is 8.86. The number of nitrogens with two attached hydrogens (primary N) is 1. The van der Waals surface area contributed by atoms with E-state index in [1.807, 2.05) is 0 Å². The van der Waals surface area contributed by atoms with Crippen LogP contribution in [0.5, 0.6) is 0 Å². The van der Waals surface area contributed by atoms with Crippen LogP contribution in [0.2, 0.25) is 0 Å². The van der Waals surface area contributed by atoms with Crippen molar-refractivity contribution in [2.75, 3.05) is 19.6 Å². The molecular formula is C10H19ClN2. The van der Waals surface area contributed by atoms with E-state index in [9.17, 15) is 0 Å². The SMILES string of the molecule is CC(=CCl)CN1CCC(C)C(N)C1. The minimum Gasteiger partial charge on any atom is -0.326 e. The molecule has 2 atom stereocenters. The smallest absolute Gasteiger partial charge is 0.0202 e. The van der Waals surface area contributed by atoms with Gasteiger partial charge < -0.3 is 5.73 Å². The lowest BCUT2D eigenvalue weighted by Gasteiger charge is -2.35. The Hall–Kier alpha value is -0.0500. The molecule has 1 rings (SSSR count). The van der Waals surface area contributed by atoms with Gasteiger partial charge in [0.1, 0.15) is 0 Å². The summed E-state index contributed by atoms with van der Waals surface area (Å²) < 4.78 is 0. The average molecular weight is 203 g/mol. The molecule has 0 aromatic carbocycles. The van der Waals surface area contributed by atoms with Gasteiger partial charge in [-0.3, -0.25) is 4.90 Å². The largest absolute Gasteiger partial charge is 0.326 e. The Morgan fingerprint density at radius 2 is 2.38 bits per heavy atom. The molecular weight excluding hydrogens is 184 g/mol. The fraction of sp³-hybridized carbons (Fsp3) is 0.800. The van der Waals surface area contributed by atoms with E-state index in [1.165, 1.54) is 12.0 Å². The number of likely N-dealkylation sites (tertiary alicyclic amines) is 1. The molecule has 0 amide bonds. The third-order valence-electron chi connectivity index (χ3n) is 2.76. The fourth-order valence-corrected chi connectivity index (χ4v) is 1.77. The summed E-state index contributed by atoms with van der Waals surface area (Å²) >= 11 is 5.62. The lowest BCUT2D eigenvalue weighted by molar-refractivity contribution is 0.181. The van der Waals surface area contributed by atoms with Crippen molar-refractivity contribution in [3.05, 3.63) is 11.1 Å². The minimum absolute atomic E-state index is 0.330. The van der Waals surface area contributed by atoms with Gasteiger partial charge in [0.05, 0.1) is 0 Å². The molecule has 2 N–H and O–H groups in total. The van der Waals surface area contributed by atoms with Crippen LogP contribution < -0.4 is 5.73 Å². The number of hydrogen-bond acceptors (Lipinski definition) is 2. The zero-order valence-corrected chi connectivity index (χ0v) is 9.22. The van der Waals surface area contributed by atoms with Crippen LogP contribution >= 0.6 is 11.6 Å². The van der Waals surface area contributed by atoms with Crippen LogP contribution in [0, 0.1) is 5.92 Å². The van der Waals surface area contributed by atoms with Crippen molar-refractivity contribution in [1.82, 2.24) is 4.90 Å². The lowest BCUT2D eigenvalue weighted by atomic mass is 9.94. The first-order chi connectivity index (χ1) is 6.13. The number of hydrogen-bond donors (Lipinski definition) is 1. The molecule has 1 aliphatic rings. The van der Waals surface area contributed by atoms with Crippen LogP contribution in [-0.4, -0.2) is 30.6 Å². The van der Waals surface area contributed by atoms with Gasteiger partial charge in [0.2, 0.25) is 0 Å². The van der Waals surface area contributed by atoms with Gasteiger partial charge in [-0.2, -0.15) is 0 Å². The molecule has 2 unspecified atom stereocenters. The summed E-state index contributed by atoms with van der Waals surface area (Å²) in [7, 11) is 0. The van der Waals surface area contributed by atoms with Crippen molar-refractivity contribution in [3.63, 3.8) is 0 Å². The maximum atomic E-state index is 5.99. The highest BCUT2D eigenvalue weighted by molar-refractivity contribution is 6.25. The second kappa shape index (κ2) is 4.99. The molecule has 1 aliphatic heterocycles. The van der Waals surface area contributed by atoms with E-state index < -0.39 is 0 Å². The summed E-state index contributed by atoms with van der Waals surface area (Å²) in [6, 6.07) is 0.330. The highest BCUT2D eigenvalue weighted by Gasteiger charge is 2.22. The van der Waals surface area contributed by atoms with E-state index in [4.69, 9.17) is 17.3 Å². The second-order valence-corrected chi connectivity index (χ2v) is 4.34. The molecule has 3 heteroatoms. The quantitative estimate of drug-likeness (QED) is 0.740. The van der Waals surface area contributed by atoms with E-state index in [2.05, 4.69) is 18.7 Å². The van der Waals surface area contributed by atoms with Gasteiger partial charge in [-0.25, -0.2) is 0 Å². The number of rotatable bonds is 2. The molecule has 0 spiro atoms. The molecule has 13 heavy (non-hydrogen) atoms. The summed E-state index contributed by atoms with van der Waals surface area (Å²) in [6.45, 7) is 7.40. The fourth-order valence-electron chi connectivity index (χ4n) is 1.70. The molecule has 0 bridgehead atoms. The Bertz CT molecular complexity index is 191. The zero-order chi connectivity index (χ0) is 9.84. The molecule has 0 aromatic heterocycles. The van der Waals surface area contributed by atoms with E-state index in [0.717, 1.165) is 19.6 Å². The Morgan fingerprint density at radius 1 is 1.69 bits per heavy atom. The predicted octanol–water partition coefficient (Wildman–Crippen LogP) is 1.80. The highest BCUT2D eigenvalue weighted by Crippen LogP contribution is 2.16. The van der Waals surface area contributed by atoms with E-state index in [0.29, 0.717) is 12.0 Å². The van der Waals surface area contributed by atoms with E-state index in [1.54, 1.807) is 5.54 Å². The maximum Gasteiger partial charge on any atom is 0.0202 e. The molecule has 2 nitrogen and oxygen atoms in total. The van der Waals surface area contributed by atoms with Crippen LogP contribution in [0.3, 0.4) is 0 Å². The van der Waals surface area contributed by atoms with Crippen molar-refractivity contribution in [2.24, 2.45) is 11.7 Å². The monoisotopic (exact) mass is 202 g/mol. The molecule has 0 aromatic rings. The van der Waals surface area contributed by atoms with Gasteiger partial charge in [0, 0.05) is 24.7 Å². The number of nitrogens with zero attached hydrogens (tertiary/aromatic N) is 1. The van der Waals surface area contributed by atoms with Gasteiger partial charge in [0.15, 0.2) is 0 Å². The topological polar surface area (TPSA) is 29.3 Å². The number of piperidine rings is 1. The lowest BCUT2D eigenvalue weighted by Crippen LogP contribution is -2.47. The summed E-state index contributed by atoms with van der Waals surface area (Å²) in [6.07, 6.45) is 1.21.